The van der Waals surface area contributed by atoms with Crippen LogP contribution in [0.4, 0.5) is 0 Å². The number of amides is 2. The molecule has 0 aromatic carbocycles. The van der Waals surface area contributed by atoms with Crippen molar-refractivity contribution < 1.29 is 9.59 Å². The van der Waals surface area contributed by atoms with E-state index in [1.807, 2.05) is 4.90 Å². The summed E-state index contributed by atoms with van der Waals surface area (Å²) < 4.78 is 0. The van der Waals surface area contributed by atoms with Gasteiger partial charge >= 0.3 is 0 Å². The van der Waals surface area contributed by atoms with Gasteiger partial charge in [0.25, 0.3) is 0 Å². The van der Waals surface area contributed by atoms with E-state index >= 15 is 0 Å². The lowest BCUT2D eigenvalue weighted by atomic mass is 10.1. The third-order valence-electron chi connectivity index (χ3n) is 3.24. The summed E-state index contributed by atoms with van der Waals surface area (Å²) in [6.45, 7) is 4.62. The maximum atomic E-state index is 12.2. The minimum absolute atomic E-state index is 0.00142. The zero-order chi connectivity index (χ0) is 11.5. The van der Waals surface area contributed by atoms with Gasteiger partial charge in [-0.15, -0.1) is 0 Å². The molecule has 0 bridgehead atoms. The molecule has 0 radical (unpaired) electrons. The Labute approximate surface area is 95.6 Å². The van der Waals surface area contributed by atoms with Crippen molar-refractivity contribution in [1.82, 2.24) is 15.5 Å². The first-order valence-corrected chi connectivity index (χ1v) is 6.03. The van der Waals surface area contributed by atoms with E-state index in [2.05, 4.69) is 17.6 Å². The maximum absolute atomic E-state index is 12.2. The summed E-state index contributed by atoms with van der Waals surface area (Å²) in [6.07, 6.45) is 2.10. The Hall–Kier alpha value is -1.10. The molecule has 2 N–H and O–H groups in total. The van der Waals surface area contributed by atoms with E-state index in [-0.39, 0.29) is 17.9 Å². The standard InChI is InChI=1S/C11H19N3O2/c1-2-5-14(8-6-12-7-8)11(16)9-3-4-10(15)13-9/h8-9,12H,2-7H2,1H3,(H,13,15)/t9-/m1/s1. The quantitative estimate of drug-likeness (QED) is 0.676. The second-order valence-corrected chi connectivity index (χ2v) is 4.50. The summed E-state index contributed by atoms with van der Waals surface area (Å²) in [4.78, 5) is 25.2. The highest BCUT2D eigenvalue weighted by atomic mass is 16.2. The summed E-state index contributed by atoms with van der Waals surface area (Å²) in [5.41, 5.74) is 0. The Morgan fingerprint density at radius 1 is 1.50 bits per heavy atom. The van der Waals surface area contributed by atoms with Crippen LogP contribution in [0.1, 0.15) is 26.2 Å². The normalized spacial score (nSPS) is 25.1. The average Bonchev–Trinajstić information content (AvgIpc) is 2.60. The van der Waals surface area contributed by atoms with Crippen molar-refractivity contribution >= 4 is 11.8 Å². The molecule has 5 nitrogen and oxygen atoms in total. The molecule has 2 aliphatic rings. The second-order valence-electron chi connectivity index (χ2n) is 4.50. The Morgan fingerprint density at radius 3 is 2.69 bits per heavy atom. The lowest BCUT2D eigenvalue weighted by Gasteiger charge is -2.39. The fourth-order valence-corrected chi connectivity index (χ4v) is 2.21. The van der Waals surface area contributed by atoms with E-state index in [1.54, 1.807) is 0 Å². The molecule has 2 amide bonds. The van der Waals surface area contributed by atoms with Crippen molar-refractivity contribution in [3.63, 3.8) is 0 Å². The van der Waals surface area contributed by atoms with Gasteiger partial charge in [-0.2, -0.15) is 0 Å². The van der Waals surface area contributed by atoms with Gasteiger partial charge in [0.05, 0.1) is 6.04 Å². The third-order valence-corrected chi connectivity index (χ3v) is 3.24. The molecular weight excluding hydrogens is 206 g/mol. The molecule has 2 rings (SSSR count). The molecule has 2 heterocycles. The molecule has 0 aliphatic carbocycles. The highest BCUT2D eigenvalue weighted by Gasteiger charge is 2.35. The van der Waals surface area contributed by atoms with Crippen LogP contribution in [0.5, 0.6) is 0 Å². The lowest BCUT2D eigenvalue weighted by Crippen LogP contribution is -2.61. The van der Waals surface area contributed by atoms with E-state index in [9.17, 15) is 9.59 Å². The lowest BCUT2D eigenvalue weighted by molar-refractivity contribution is -0.137. The number of carbonyl (C=O) groups excluding carboxylic acids is 2. The first-order valence-electron chi connectivity index (χ1n) is 6.03. The van der Waals surface area contributed by atoms with Gasteiger partial charge in [-0.3, -0.25) is 9.59 Å². The maximum Gasteiger partial charge on any atom is 0.245 e. The summed E-state index contributed by atoms with van der Waals surface area (Å²) in [5, 5.41) is 5.92. The van der Waals surface area contributed by atoms with E-state index in [0.717, 1.165) is 26.1 Å². The number of rotatable bonds is 4. The van der Waals surface area contributed by atoms with Gasteiger partial charge in [0.2, 0.25) is 11.8 Å². The molecule has 5 heteroatoms. The smallest absolute Gasteiger partial charge is 0.245 e. The molecule has 2 saturated heterocycles. The summed E-state index contributed by atoms with van der Waals surface area (Å²) >= 11 is 0. The van der Waals surface area contributed by atoms with Crippen LogP contribution in [-0.4, -0.2) is 48.4 Å². The fraction of sp³-hybridized carbons (Fsp3) is 0.818. The number of hydrogen-bond donors (Lipinski definition) is 2. The average molecular weight is 225 g/mol. The Kier molecular flexibility index (Phi) is 3.43. The highest BCUT2D eigenvalue weighted by Crippen LogP contribution is 2.14. The first kappa shape index (κ1) is 11.4. The summed E-state index contributed by atoms with van der Waals surface area (Å²) in [6, 6.07) is 0.0459. The Balaban J connectivity index is 1.95. The van der Waals surface area contributed by atoms with Crippen molar-refractivity contribution in [3.8, 4) is 0 Å². The zero-order valence-electron chi connectivity index (χ0n) is 9.66. The Bertz CT molecular complexity index is 289. The largest absolute Gasteiger partial charge is 0.344 e. The van der Waals surface area contributed by atoms with E-state index in [0.29, 0.717) is 18.9 Å². The van der Waals surface area contributed by atoms with E-state index in [1.165, 1.54) is 0 Å². The number of nitrogens with zero attached hydrogens (tertiary/aromatic N) is 1. The van der Waals surface area contributed by atoms with Gasteiger partial charge in [-0.05, 0) is 12.8 Å². The van der Waals surface area contributed by atoms with Crippen molar-refractivity contribution in [2.45, 2.75) is 38.3 Å². The molecule has 16 heavy (non-hydrogen) atoms. The predicted octanol–water partition coefficient (Wildman–Crippen LogP) is -0.525. The van der Waals surface area contributed by atoms with Crippen molar-refractivity contribution in [1.29, 1.82) is 0 Å². The van der Waals surface area contributed by atoms with Crippen LogP contribution in [0.15, 0.2) is 0 Å². The van der Waals surface area contributed by atoms with Crippen LogP contribution in [-0.2, 0) is 9.59 Å². The van der Waals surface area contributed by atoms with E-state index in [4.69, 9.17) is 0 Å². The van der Waals surface area contributed by atoms with Crippen LogP contribution < -0.4 is 10.6 Å². The topological polar surface area (TPSA) is 61.4 Å². The van der Waals surface area contributed by atoms with Crippen LogP contribution in [0.2, 0.25) is 0 Å². The van der Waals surface area contributed by atoms with Gasteiger partial charge < -0.3 is 15.5 Å². The summed E-state index contributed by atoms with van der Waals surface area (Å²) in [7, 11) is 0. The highest BCUT2D eigenvalue weighted by molar-refractivity contribution is 5.91. The monoisotopic (exact) mass is 225 g/mol. The number of nitrogens with one attached hydrogen (secondary N) is 2. The van der Waals surface area contributed by atoms with Gasteiger partial charge in [0, 0.05) is 26.1 Å². The minimum atomic E-state index is -0.278. The van der Waals surface area contributed by atoms with Crippen LogP contribution in [0.25, 0.3) is 0 Å². The van der Waals surface area contributed by atoms with Crippen molar-refractivity contribution in [2.75, 3.05) is 19.6 Å². The van der Waals surface area contributed by atoms with E-state index < -0.39 is 0 Å². The third kappa shape index (κ3) is 2.19. The Morgan fingerprint density at radius 2 is 2.25 bits per heavy atom. The number of hydrogen-bond acceptors (Lipinski definition) is 3. The molecule has 90 valence electrons. The first-order chi connectivity index (χ1) is 7.72. The molecular formula is C11H19N3O2. The fourth-order valence-electron chi connectivity index (χ4n) is 2.21. The van der Waals surface area contributed by atoms with Gasteiger partial charge in [0.15, 0.2) is 0 Å². The molecule has 0 spiro atoms. The van der Waals surface area contributed by atoms with Gasteiger partial charge in [0.1, 0.15) is 6.04 Å². The molecule has 2 fully saturated rings. The summed E-state index contributed by atoms with van der Waals surface area (Å²) in [5.74, 6) is 0.0979. The molecule has 0 unspecified atom stereocenters. The zero-order valence-corrected chi connectivity index (χ0v) is 9.66. The second kappa shape index (κ2) is 4.82. The van der Waals surface area contributed by atoms with Crippen molar-refractivity contribution in [2.24, 2.45) is 0 Å². The van der Waals surface area contributed by atoms with Crippen LogP contribution in [0, 0.1) is 0 Å². The van der Waals surface area contributed by atoms with Gasteiger partial charge in [-0.25, -0.2) is 0 Å². The van der Waals surface area contributed by atoms with Crippen LogP contribution >= 0.6 is 0 Å². The van der Waals surface area contributed by atoms with Crippen molar-refractivity contribution in [3.05, 3.63) is 0 Å². The molecule has 0 aromatic heterocycles. The molecule has 0 saturated carbocycles. The predicted molar refractivity (Wildman–Crippen MR) is 59.8 cm³/mol. The number of carbonyl (C=O) groups is 2. The minimum Gasteiger partial charge on any atom is -0.344 e. The molecule has 1 atom stereocenters. The van der Waals surface area contributed by atoms with Crippen LogP contribution in [0.3, 0.4) is 0 Å². The SMILES string of the molecule is CCCN(C(=O)[C@H]1CCC(=O)N1)C1CNC1. The molecule has 0 aromatic rings. The molecule has 2 aliphatic heterocycles. The van der Waals surface area contributed by atoms with Gasteiger partial charge in [-0.1, -0.05) is 6.92 Å².